The lowest BCUT2D eigenvalue weighted by atomic mass is 10.3. The fraction of sp³-hybridized carbons (Fsp3) is 0. The van der Waals surface area contributed by atoms with Gasteiger partial charge in [-0.3, -0.25) is 10.3 Å². The lowest BCUT2D eigenvalue weighted by Crippen LogP contribution is -2.20. The van der Waals surface area contributed by atoms with Gasteiger partial charge in [0.15, 0.2) is 5.82 Å². The molecule has 0 atom stereocenters. The number of nitrogens with zero attached hydrogens (tertiary/aromatic N) is 2. The summed E-state index contributed by atoms with van der Waals surface area (Å²) in [5, 5.41) is 6.00. The molecule has 8 heteroatoms. The molecule has 0 aliphatic carbocycles. The number of benzene rings is 1. The quantitative estimate of drug-likeness (QED) is 0.877. The highest BCUT2D eigenvalue weighted by Crippen LogP contribution is 2.25. The molecule has 2 rings (SSSR count). The highest BCUT2D eigenvalue weighted by molar-refractivity contribution is 6.42. The molecular weight excluding hydrogens is 311 g/mol. The topological polar surface area (TPSA) is 66.9 Å². The summed E-state index contributed by atoms with van der Waals surface area (Å²) in [6.45, 7) is 0. The molecule has 1 aromatic carbocycles. The third-order valence-electron chi connectivity index (χ3n) is 2.02. The molecule has 0 fully saturated rings. The van der Waals surface area contributed by atoms with Gasteiger partial charge in [-0.1, -0.05) is 34.8 Å². The van der Waals surface area contributed by atoms with Gasteiger partial charge in [-0.2, -0.15) is 0 Å². The van der Waals surface area contributed by atoms with Crippen molar-refractivity contribution in [2.24, 2.45) is 0 Å². The van der Waals surface area contributed by atoms with Gasteiger partial charge in [-0.15, -0.1) is 0 Å². The molecule has 0 saturated heterocycles. The molecule has 1 heterocycles. The highest BCUT2D eigenvalue weighted by Gasteiger charge is 2.06. The maximum atomic E-state index is 11.7. The first-order chi connectivity index (χ1) is 9.04. The van der Waals surface area contributed by atoms with Crippen molar-refractivity contribution in [3.8, 4) is 0 Å². The van der Waals surface area contributed by atoms with Crippen molar-refractivity contribution in [1.82, 2.24) is 9.97 Å². The zero-order chi connectivity index (χ0) is 13.8. The Labute approximate surface area is 123 Å². The van der Waals surface area contributed by atoms with Crippen LogP contribution in [-0.2, 0) is 0 Å². The van der Waals surface area contributed by atoms with E-state index >= 15 is 0 Å². The van der Waals surface area contributed by atoms with Gasteiger partial charge >= 0.3 is 6.03 Å². The zero-order valence-electron chi connectivity index (χ0n) is 9.32. The molecule has 19 heavy (non-hydrogen) atoms. The molecule has 2 N–H and O–H groups in total. The van der Waals surface area contributed by atoms with E-state index in [9.17, 15) is 4.79 Å². The first-order valence-electron chi connectivity index (χ1n) is 5.05. The number of rotatable bonds is 2. The molecule has 0 bridgehead atoms. The van der Waals surface area contributed by atoms with Crippen LogP contribution in [0, 0.1) is 0 Å². The maximum absolute atomic E-state index is 11.7. The summed E-state index contributed by atoms with van der Waals surface area (Å²) < 4.78 is 0. The smallest absolute Gasteiger partial charge is 0.308 e. The number of urea groups is 1. The van der Waals surface area contributed by atoms with Crippen LogP contribution < -0.4 is 10.6 Å². The third kappa shape index (κ3) is 3.96. The Morgan fingerprint density at radius 1 is 1.05 bits per heavy atom. The summed E-state index contributed by atoms with van der Waals surface area (Å²) in [5.41, 5.74) is 0.502. The molecule has 0 radical (unpaired) electrons. The first-order valence-corrected chi connectivity index (χ1v) is 6.18. The van der Waals surface area contributed by atoms with E-state index < -0.39 is 6.03 Å². The van der Waals surface area contributed by atoms with Gasteiger partial charge in [0.2, 0.25) is 0 Å². The normalized spacial score (nSPS) is 10.1. The van der Waals surface area contributed by atoms with Gasteiger partial charge in [0.1, 0.15) is 5.15 Å². The van der Waals surface area contributed by atoms with Gasteiger partial charge < -0.3 is 5.32 Å². The molecule has 0 spiro atoms. The Morgan fingerprint density at radius 3 is 2.53 bits per heavy atom. The van der Waals surface area contributed by atoms with E-state index in [-0.39, 0.29) is 11.0 Å². The molecule has 98 valence electrons. The minimum absolute atomic E-state index is 0.187. The van der Waals surface area contributed by atoms with Gasteiger partial charge in [-0.05, 0) is 18.2 Å². The van der Waals surface area contributed by atoms with Crippen LogP contribution in [0.4, 0.5) is 16.3 Å². The molecule has 2 aromatic rings. The van der Waals surface area contributed by atoms with Crippen molar-refractivity contribution in [2.45, 2.75) is 0 Å². The van der Waals surface area contributed by atoms with Crippen LogP contribution in [0.25, 0.3) is 0 Å². The first kappa shape index (κ1) is 13.9. The maximum Gasteiger partial charge on any atom is 0.324 e. The molecule has 5 nitrogen and oxygen atoms in total. The summed E-state index contributed by atoms with van der Waals surface area (Å²) in [4.78, 5) is 19.3. The van der Waals surface area contributed by atoms with Crippen LogP contribution >= 0.6 is 34.8 Å². The average Bonchev–Trinajstić information content (AvgIpc) is 2.34. The number of carbonyl (C=O) groups excluding carboxylic acids is 1. The SMILES string of the molecule is O=C(Nc1ccc(Cl)c(Cl)c1)Nc1cncc(Cl)n1. The highest BCUT2D eigenvalue weighted by atomic mass is 35.5. The van der Waals surface area contributed by atoms with Crippen molar-refractivity contribution in [3.05, 3.63) is 45.8 Å². The Balaban J connectivity index is 2.03. The standard InChI is InChI=1S/C11H7Cl3N4O/c12-7-2-1-6(3-8(7)13)16-11(19)18-10-5-15-4-9(14)17-10/h1-5H,(H2,16,17,18,19). The summed E-state index contributed by atoms with van der Waals surface area (Å²) in [7, 11) is 0. The largest absolute Gasteiger partial charge is 0.324 e. The lowest BCUT2D eigenvalue weighted by molar-refractivity contribution is 0.262. The summed E-state index contributed by atoms with van der Waals surface area (Å²) in [5.74, 6) is 0.241. The van der Waals surface area contributed by atoms with Gasteiger partial charge in [0, 0.05) is 5.69 Å². The van der Waals surface area contributed by atoms with E-state index in [0.717, 1.165) is 0 Å². The number of halogens is 3. The molecule has 0 aliphatic heterocycles. The zero-order valence-corrected chi connectivity index (χ0v) is 11.6. The lowest BCUT2D eigenvalue weighted by Gasteiger charge is -2.07. The summed E-state index contributed by atoms with van der Waals surface area (Å²) in [6, 6.07) is 4.25. The number of carbonyl (C=O) groups is 1. The van der Waals surface area contributed by atoms with Crippen LogP contribution in [-0.4, -0.2) is 16.0 Å². The Bertz CT molecular complexity index is 621. The van der Waals surface area contributed by atoms with Crippen molar-refractivity contribution < 1.29 is 4.79 Å². The number of hydrogen-bond acceptors (Lipinski definition) is 3. The monoisotopic (exact) mass is 316 g/mol. The van der Waals surface area contributed by atoms with Gasteiger partial charge in [0.25, 0.3) is 0 Å². The third-order valence-corrected chi connectivity index (χ3v) is 2.95. The second kappa shape index (κ2) is 6.06. The minimum Gasteiger partial charge on any atom is -0.308 e. The second-order valence-electron chi connectivity index (χ2n) is 3.44. The van der Waals surface area contributed by atoms with E-state index in [0.29, 0.717) is 15.7 Å². The number of anilines is 2. The minimum atomic E-state index is -0.491. The van der Waals surface area contributed by atoms with E-state index in [2.05, 4.69) is 20.6 Å². The Kier molecular flexibility index (Phi) is 4.42. The van der Waals surface area contributed by atoms with E-state index in [1.54, 1.807) is 12.1 Å². The fourth-order valence-electron chi connectivity index (χ4n) is 1.25. The van der Waals surface area contributed by atoms with Crippen molar-refractivity contribution in [1.29, 1.82) is 0 Å². The van der Waals surface area contributed by atoms with Crippen LogP contribution in [0.5, 0.6) is 0 Å². The fourth-order valence-corrected chi connectivity index (χ4v) is 1.70. The second-order valence-corrected chi connectivity index (χ2v) is 4.64. The van der Waals surface area contributed by atoms with Crippen molar-refractivity contribution in [3.63, 3.8) is 0 Å². The van der Waals surface area contributed by atoms with Crippen LogP contribution in [0.15, 0.2) is 30.6 Å². The molecule has 2 amide bonds. The van der Waals surface area contributed by atoms with Crippen molar-refractivity contribution >= 4 is 52.3 Å². The van der Waals surface area contributed by atoms with E-state index in [4.69, 9.17) is 34.8 Å². The predicted molar refractivity (Wildman–Crippen MR) is 76.1 cm³/mol. The van der Waals surface area contributed by atoms with Crippen molar-refractivity contribution in [2.75, 3.05) is 10.6 Å². The van der Waals surface area contributed by atoms with E-state index in [1.165, 1.54) is 18.5 Å². The Morgan fingerprint density at radius 2 is 1.84 bits per heavy atom. The molecule has 0 unspecified atom stereocenters. The van der Waals surface area contributed by atoms with Gasteiger partial charge in [0.05, 0.1) is 22.4 Å². The average molecular weight is 318 g/mol. The molecule has 1 aromatic heterocycles. The predicted octanol–water partition coefficient (Wildman–Crippen LogP) is 4.08. The van der Waals surface area contributed by atoms with Gasteiger partial charge in [-0.25, -0.2) is 9.78 Å². The molecular formula is C11H7Cl3N4O. The van der Waals surface area contributed by atoms with E-state index in [1.807, 2.05) is 0 Å². The van der Waals surface area contributed by atoms with Crippen LogP contribution in [0.1, 0.15) is 0 Å². The number of aromatic nitrogens is 2. The number of nitrogens with one attached hydrogen (secondary N) is 2. The number of amides is 2. The summed E-state index contributed by atoms with van der Waals surface area (Å²) >= 11 is 17.3. The molecule has 0 aliphatic rings. The summed E-state index contributed by atoms with van der Waals surface area (Å²) in [6.07, 6.45) is 2.74. The number of hydrogen-bond donors (Lipinski definition) is 2. The van der Waals surface area contributed by atoms with Crippen LogP contribution in [0.2, 0.25) is 15.2 Å². The molecule has 0 saturated carbocycles. The Hall–Kier alpha value is -1.56. The van der Waals surface area contributed by atoms with Crippen LogP contribution in [0.3, 0.4) is 0 Å².